The van der Waals surface area contributed by atoms with Gasteiger partial charge in [0.25, 0.3) is 0 Å². The van der Waals surface area contributed by atoms with E-state index >= 15 is 0 Å². The van der Waals surface area contributed by atoms with Crippen molar-refractivity contribution in [2.45, 2.75) is 33.1 Å². The maximum atomic E-state index is 11.4. The summed E-state index contributed by atoms with van der Waals surface area (Å²) in [6.45, 7) is 4.22. The second-order valence-corrected chi connectivity index (χ2v) is 5.25. The highest BCUT2D eigenvalue weighted by Gasteiger charge is 2.53. The van der Waals surface area contributed by atoms with Gasteiger partial charge in [-0.3, -0.25) is 4.79 Å². The van der Waals surface area contributed by atoms with Crippen LogP contribution in [0.25, 0.3) is 0 Å². The Hall–Kier alpha value is -0.790. The first-order valence-corrected chi connectivity index (χ1v) is 5.46. The van der Waals surface area contributed by atoms with Crippen LogP contribution in [0.1, 0.15) is 33.1 Å². The van der Waals surface area contributed by atoms with Gasteiger partial charge in [0.15, 0.2) is 0 Å². The molecule has 0 aromatic rings. The van der Waals surface area contributed by atoms with Crippen LogP contribution in [0, 0.1) is 23.2 Å². The van der Waals surface area contributed by atoms with Gasteiger partial charge >= 0.3 is 5.97 Å². The predicted octanol–water partition coefficient (Wildman–Crippen LogP) is 2.70. The summed E-state index contributed by atoms with van der Waals surface area (Å²) < 4.78 is 0. The molecule has 0 aromatic carbocycles. The van der Waals surface area contributed by atoms with Gasteiger partial charge in [-0.2, -0.15) is 0 Å². The zero-order valence-electron chi connectivity index (χ0n) is 8.86. The zero-order chi connectivity index (χ0) is 10.3. The molecule has 0 radical (unpaired) electrons. The van der Waals surface area contributed by atoms with Gasteiger partial charge in [0.1, 0.15) is 0 Å². The van der Waals surface area contributed by atoms with E-state index in [2.05, 4.69) is 26.0 Å². The van der Waals surface area contributed by atoms with Crippen LogP contribution in [0.4, 0.5) is 0 Å². The molecule has 0 aliphatic heterocycles. The van der Waals surface area contributed by atoms with Crippen molar-refractivity contribution in [2.24, 2.45) is 23.2 Å². The van der Waals surface area contributed by atoms with Crippen LogP contribution in [0.5, 0.6) is 0 Å². The van der Waals surface area contributed by atoms with Gasteiger partial charge in [-0.1, -0.05) is 26.0 Å². The minimum absolute atomic E-state index is 0.299. The summed E-state index contributed by atoms with van der Waals surface area (Å²) in [6.07, 6.45) is 7.09. The van der Waals surface area contributed by atoms with E-state index in [4.69, 9.17) is 0 Å². The lowest BCUT2D eigenvalue weighted by Crippen LogP contribution is -2.36. The normalized spacial score (nSPS) is 39.6. The molecule has 1 fully saturated rings. The number of hydrogen-bond acceptors (Lipinski definition) is 1. The summed E-state index contributed by atoms with van der Waals surface area (Å²) in [5.41, 5.74) is -0.437. The molecule has 14 heavy (non-hydrogen) atoms. The summed E-state index contributed by atoms with van der Waals surface area (Å²) >= 11 is 0. The molecule has 78 valence electrons. The van der Waals surface area contributed by atoms with Gasteiger partial charge in [-0.15, -0.1) is 0 Å². The van der Waals surface area contributed by atoms with Crippen molar-refractivity contribution in [3.05, 3.63) is 12.2 Å². The van der Waals surface area contributed by atoms with Crippen molar-refractivity contribution in [2.75, 3.05) is 0 Å². The molecule has 0 amide bonds. The predicted molar refractivity (Wildman–Crippen MR) is 54.9 cm³/mol. The van der Waals surface area contributed by atoms with E-state index in [1.165, 1.54) is 0 Å². The Morgan fingerprint density at radius 3 is 2.64 bits per heavy atom. The van der Waals surface area contributed by atoms with Gasteiger partial charge in [0, 0.05) is 0 Å². The van der Waals surface area contributed by atoms with E-state index in [-0.39, 0.29) is 0 Å². The first kappa shape index (κ1) is 9.75. The van der Waals surface area contributed by atoms with Crippen molar-refractivity contribution in [1.82, 2.24) is 0 Å². The number of hydrogen-bond donors (Lipinski definition) is 1. The molecule has 0 aromatic heterocycles. The van der Waals surface area contributed by atoms with Crippen LogP contribution in [-0.2, 0) is 4.79 Å². The van der Waals surface area contributed by atoms with Crippen molar-refractivity contribution in [3.63, 3.8) is 0 Å². The second kappa shape index (κ2) is 3.11. The van der Waals surface area contributed by atoms with Crippen LogP contribution in [0.2, 0.25) is 0 Å². The van der Waals surface area contributed by atoms with Crippen molar-refractivity contribution in [3.8, 4) is 0 Å². The minimum atomic E-state index is -0.581. The van der Waals surface area contributed by atoms with Gasteiger partial charge < -0.3 is 5.11 Å². The molecule has 0 saturated heterocycles. The molecule has 3 atom stereocenters. The summed E-state index contributed by atoms with van der Waals surface area (Å²) in [4.78, 5) is 11.4. The Labute approximate surface area is 85.0 Å². The lowest BCUT2D eigenvalue weighted by Gasteiger charge is -2.32. The number of aliphatic carboxylic acids is 1. The molecular weight excluding hydrogens is 176 g/mol. The number of fused-ring (bicyclic) bond motifs is 2. The van der Waals surface area contributed by atoms with E-state index in [0.717, 1.165) is 19.3 Å². The van der Waals surface area contributed by atoms with E-state index in [1.54, 1.807) is 0 Å². The van der Waals surface area contributed by atoms with E-state index in [9.17, 15) is 9.90 Å². The van der Waals surface area contributed by atoms with Crippen LogP contribution < -0.4 is 0 Å². The Morgan fingerprint density at radius 1 is 1.57 bits per heavy atom. The van der Waals surface area contributed by atoms with Gasteiger partial charge in [-0.25, -0.2) is 0 Å². The van der Waals surface area contributed by atoms with Gasteiger partial charge in [0.05, 0.1) is 5.41 Å². The highest BCUT2D eigenvalue weighted by molar-refractivity contribution is 5.76. The number of carboxylic acid groups (broad SMARTS) is 1. The Kier molecular flexibility index (Phi) is 2.17. The average molecular weight is 194 g/mol. The van der Waals surface area contributed by atoms with Gasteiger partial charge in [0.2, 0.25) is 0 Å². The fourth-order valence-electron chi connectivity index (χ4n) is 3.25. The number of allylic oxidation sites excluding steroid dienone is 2. The van der Waals surface area contributed by atoms with E-state index in [0.29, 0.717) is 17.8 Å². The topological polar surface area (TPSA) is 37.3 Å². The average Bonchev–Trinajstić information content (AvgIpc) is 2.61. The minimum Gasteiger partial charge on any atom is -0.481 e. The number of carbonyl (C=O) groups is 1. The molecule has 1 N–H and O–H groups in total. The molecular formula is C12H18O2. The van der Waals surface area contributed by atoms with Crippen molar-refractivity contribution < 1.29 is 9.90 Å². The van der Waals surface area contributed by atoms with Crippen molar-refractivity contribution >= 4 is 5.97 Å². The fourth-order valence-corrected chi connectivity index (χ4v) is 3.25. The molecule has 2 rings (SSSR count). The second-order valence-electron chi connectivity index (χ2n) is 5.25. The highest BCUT2D eigenvalue weighted by Crippen LogP contribution is 2.55. The van der Waals surface area contributed by atoms with E-state index < -0.39 is 11.4 Å². The SMILES string of the molecule is CC(C)C[C@@]1(C(=O)O)C[C@H]2C=C[C@@H]1C2. The Morgan fingerprint density at radius 2 is 2.29 bits per heavy atom. The smallest absolute Gasteiger partial charge is 0.310 e. The molecule has 2 heteroatoms. The zero-order valence-corrected chi connectivity index (χ0v) is 8.86. The molecule has 2 nitrogen and oxygen atoms in total. The summed E-state index contributed by atoms with van der Waals surface area (Å²) in [6, 6.07) is 0. The molecule has 2 aliphatic rings. The molecule has 2 bridgehead atoms. The standard InChI is InChI=1S/C12H18O2/c1-8(2)6-12(11(13)14)7-9-3-4-10(12)5-9/h3-4,8-10H,5-7H2,1-2H3,(H,13,14)/t9-,10+,12+/m0/s1. The molecule has 0 heterocycles. The highest BCUT2D eigenvalue weighted by atomic mass is 16.4. The fraction of sp³-hybridized carbons (Fsp3) is 0.750. The third-order valence-electron chi connectivity index (χ3n) is 3.71. The third-order valence-corrected chi connectivity index (χ3v) is 3.71. The molecule has 0 unspecified atom stereocenters. The Balaban J connectivity index is 2.24. The van der Waals surface area contributed by atoms with Crippen LogP contribution >= 0.6 is 0 Å². The van der Waals surface area contributed by atoms with Crippen LogP contribution in [0.15, 0.2) is 12.2 Å². The number of carboxylic acids is 1. The van der Waals surface area contributed by atoms with Gasteiger partial charge in [-0.05, 0) is 37.0 Å². The monoisotopic (exact) mass is 194 g/mol. The first-order chi connectivity index (χ1) is 6.54. The third kappa shape index (κ3) is 1.28. The van der Waals surface area contributed by atoms with Crippen LogP contribution in [0.3, 0.4) is 0 Å². The van der Waals surface area contributed by atoms with Crippen molar-refractivity contribution in [1.29, 1.82) is 0 Å². The first-order valence-electron chi connectivity index (χ1n) is 5.46. The summed E-state index contributed by atoms with van der Waals surface area (Å²) in [5, 5.41) is 9.40. The lowest BCUT2D eigenvalue weighted by atomic mass is 9.70. The molecule has 0 spiro atoms. The lowest BCUT2D eigenvalue weighted by molar-refractivity contribution is -0.151. The summed E-state index contributed by atoms with van der Waals surface area (Å²) in [7, 11) is 0. The quantitative estimate of drug-likeness (QED) is 0.701. The maximum Gasteiger partial charge on any atom is 0.310 e. The Bertz CT molecular complexity index is 280. The largest absolute Gasteiger partial charge is 0.481 e. The van der Waals surface area contributed by atoms with Crippen LogP contribution in [-0.4, -0.2) is 11.1 Å². The number of rotatable bonds is 3. The van der Waals surface area contributed by atoms with E-state index in [1.807, 2.05) is 0 Å². The maximum absolute atomic E-state index is 11.4. The molecule has 2 aliphatic carbocycles. The molecule has 1 saturated carbocycles. The summed E-state index contributed by atoms with van der Waals surface area (Å²) in [5.74, 6) is 0.726.